The van der Waals surface area contributed by atoms with Crippen molar-refractivity contribution in [2.24, 2.45) is 5.92 Å². The van der Waals surface area contributed by atoms with E-state index in [1.54, 1.807) is 0 Å². The van der Waals surface area contributed by atoms with Crippen LogP contribution in [0.5, 0.6) is 0 Å². The van der Waals surface area contributed by atoms with Crippen LogP contribution in [0.1, 0.15) is 45.5 Å². The summed E-state index contributed by atoms with van der Waals surface area (Å²) in [6.45, 7) is 9.60. The van der Waals surface area contributed by atoms with Crippen molar-refractivity contribution in [3.8, 4) is 0 Å². The van der Waals surface area contributed by atoms with E-state index in [9.17, 15) is 0 Å². The molecule has 0 radical (unpaired) electrons. The van der Waals surface area contributed by atoms with Crippen LogP contribution in [-0.4, -0.2) is 22.9 Å². The molecule has 0 aliphatic rings. The molecule has 0 bridgehead atoms. The normalized spacial score (nSPS) is 14.8. The van der Waals surface area contributed by atoms with Crippen LogP contribution in [0, 0.1) is 5.92 Å². The lowest BCUT2D eigenvalue weighted by Crippen LogP contribution is -2.32. The number of hydrogen-bond acceptors (Lipinski definition) is 2. The van der Waals surface area contributed by atoms with Gasteiger partial charge in [0.1, 0.15) is 0 Å². The largest absolute Gasteiger partial charge is 0.317 e. The highest BCUT2D eigenvalue weighted by molar-refractivity contribution is 6.31. The van der Waals surface area contributed by atoms with E-state index in [0.717, 1.165) is 36.5 Å². The Hall–Kier alpha value is -0.540. The van der Waals surface area contributed by atoms with Gasteiger partial charge in [-0.1, -0.05) is 32.4 Å². The number of aromatic nitrogens is 2. The first-order valence-electron chi connectivity index (χ1n) is 7.00. The lowest BCUT2D eigenvalue weighted by atomic mass is 9.94. The van der Waals surface area contributed by atoms with Crippen molar-refractivity contribution >= 4 is 11.6 Å². The molecule has 0 amide bonds. The predicted octanol–water partition coefficient (Wildman–Crippen LogP) is 3.30. The van der Waals surface area contributed by atoms with Gasteiger partial charge in [-0.2, -0.15) is 5.10 Å². The molecule has 0 aromatic carbocycles. The van der Waals surface area contributed by atoms with Gasteiger partial charge in [0.15, 0.2) is 0 Å². The summed E-state index contributed by atoms with van der Waals surface area (Å²) < 4.78 is 2.06. The summed E-state index contributed by atoms with van der Waals surface area (Å²) in [5.41, 5.74) is 2.22. The molecule has 0 fully saturated rings. The van der Waals surface area contributed by atoms with Crippen molar-refractivity contribution in [2.45, 2.75) is 59.5 Å². The zero-order valence-corrected chi connectivity index (χ0v) is 13.0. The SMILES string of the molecule is CCc1nn(CC)c(CC(C)C(CC)NC)c1Cl. The van der Waals surface area contributed by atoms with E-state index >= 15 is 0 Å². The van der Waals surface area contributed by atoms with Crippen LogP contribution in [0.4, 0.5) is 0 Å². The zero-order chi connectivity index (χ0) is 13.7. The maximum absolute atomic E-state index is 6.44. The lowest BCUT2D eigenvalue weighted by Gasteiger charge is -2.22. The summed E-state index contributed by atoms with van der Waals surface area (Å²) in [7, 11) is 2.03. The summed E-state index contributed by atoms with van der Waals surface area (Å²) >= 11 is 6.44. The number of halogens is 1. The topological polar surface area (TPSA) is 29.9 Å². The first-order chi connectivity index (χ1) is 8.58. The third-order valence-electron chi connectivity index (χ3n) is 3.71. The van der Waals surface area contributed by atoms with Crippen molar-refractivity contribution in [3.63, 3.8) is 0 Å². The third kappa shape index (κ3) is 3.27. The molecule has 4 heteroatoms. The second-order valence-electron chi connectivity index (χ2n) is 4.86. The van der Waals surface area contributed by atoms with Gasteiger partial charge in [-0.05, 0) is 39.2 Å². The number of nitrogens with one attached hydrogen (secondary N) is 1. The molecule has 0 saturated carbocycles. The second-order valence-corrected chi connectivity index (χ2v) is 5.24. The Kier molecular flexibility index (Phi) is 6.16. The Labute approximate surface area is 116 Å². The van der Waals surface area contributed by atoms with Crippen molar-refractivity contribution in [1.82, 2.24) is 15.1 Å². The minimum atomic E-state index is 0.534. The highest BCUT2D eigenvalue weighted by Crippen LogP contribution is 2.25. The Balaban J connectivity index is 2.92. The summed E-state index contributed by atoms with van der Waals surface area (Å²) in [5.74, 6) is 0.559. The Morgan fingerprint density at radius 3 is 2.44 bits per heavy atom. The first kappa shape index (κ1) is 15.5. The van der Waals surface area contributed by atoms with E-state index in [2.05, 4.69) is 42.8 Å². The minimum absolute atomic E-state index is 0.534. The van der Waals surface area contributed by atoms with Gasteiger partial charge in [0.05, 0.1) is 16.4 Å². The fourth-order valence-corrected chi connectivity index (χ4v) is 2.90. The molecule has 104 valence electrons. The summed E-state index contributed by atoms with van der Waals surface area (Å²) in [5, 5.41) is 8.82. The highest BCUT2D eigenvalue weighted by Gasteiger charge is 2.20. The molecule has 3 nitrogen and oxygen atoms in total. The van der Waals surface area contributed by atoms with Gasteiger partial charge < -0.3 is 5.32 Å². The Morgan fingerprint density at radius 2 is 2.00 bits per heavy atom. The molecule has 0 aliphatic carbocycles. The molecule has 2 unspecified atom stereocenters. The number of rotatable bonds is 7. The van der Waals surface area contributed by atoms with E-state index < -0.39 is 0 Å². The van der Waals surface area contributed by atoms with Crippen molar-refractivity contribution in [1.29, 1.82) is 0 Å². The Morgan fingerprint density at radius 1 is 1.33 bits per heavy atom. The van der Waals surface area contributed by atoms with E-state index in [1.165, 1.54) is 5.69 Å². The van der Waals surface area contributed by atoms with Crippen LogP contribution >= 0.6 is 11.6 Å². The average molecular weight is 272 g/mol. The van der Waals surface area contributed by atoms with Crippen molar-refractivity contribution < 1.29 is 0 Å². The maximum atomic E-state index is 6.44. The van der Waals surface area contributed by atoms with Crippen LogP contribution in [0.15, 0.2) is 0 Å². The number of nitrogens with zero attached hydrogens (tertiary/aromatic N) is 2. The summed E-state index contributed by atoms with van der Waals surface area (Å²) in [6.07, 6.45) is 3.02. The maximum Gasteiger partial charge on any atom is 0.0849 e. The van der Waals surface area contributed by atoms with Gasteiger partial charge in [0.25, 0.3) is 0 Å². The molecule has 1 aromatic heterocycles. The number of hydrogen-bond donors (Lipinski definition) is 1. The molecule has 1 N–H and O–H groups in total. The van der Waals surface area contributed by atoms with E-state index in [4.69, 9.17) is 11.6 Å². The van der Waals surface area contributed by atoms with Gasteiger partial charge in [-0.3, -0.25) is 4.68 Å². The first-order valence-corrected chi connectivity index (χ1v) is 7.37. The lowest BCUT2D eigenvalue weighted by molar-refractivity contribution is 0.378. The van der Waals surface area contributed by atoms with E-state index in [0.29, 0.717) is 12.0 Å². The predicted molar refractivity (Wildman–Crippen MR) is 78.3 cm³/mol. The zero-order valence-electron chi connectivity index (χ0n) is 12.3. The molecule has 1 rings (SSSR count). The molecule has 1 heterocycles. The van der Waals surface area contributed by atoms with Gasteiger partial charge in [0.2, 0.25) is 0 Å². The molecule has 0 aliphatic heterocycles. The quantitative estimate of drug-likeness (QED) is 0.825. The molecule has 18 heavy (non-hydrogen) atoms. The molecule has 2 atom stereocenters. The van der Waals surface area contributed by atoms with Crippen LogP contribution in [0.25, 0.3) is 0 Å². The summed E-state index contributed by atoms with van der Waals surface area (Å²) in [6, 6.07) is 0.534. The molecule has 1 aromatic rings. The Bertz CT molecular complexity index is 369. The molecule has 0 spiro atoms. The molecule has 0 saturated heterocycles. The van der Waals surface area contributed by atoms with Crippen LogP contribution in [0.3, 0.4) is 0 Å². The van der Waals surface area contributed by atoms with Gasteiger partial charge in [-0.25, -0.2) is 0 Å². The second kappa shape index (κ2) is 7.15. The van der Waals surface area contributed by atoms with Gasteiger partial charge in [0, 0.05) is 12.6 Å². The standard InChI is InChI=1S/C14H26ClN3/c1-6-11(16-5)10(4)9-13-14(15)12(7-2)17-18(13)8-3/h10-11,16H,6-9H2,1-5H3. The smallest absolute Gasteiger partial charge is 0.0849 e. The van der Waals surface area contributed by atoms with Crippen LogP contribution in [0.2, 0.25) is 5.02 Å². The van der Waals surface area contributed by atoms with E-state index in [-0.39, 0.29) is 0 Å². The van der Waals surface area contributed by atoms with E-state index in [1.807, 2.05) is 7.05 Å². The number of aryl methyl sites for hydroxylation is 2. The van der Waals surface area contributed by atoms with Crippen molar-refractivity contribution in [2.75, 3.05) is 7.05 Å². The fourth-order valence-electron chi connectivity index (χ4n) is 2.55. The van der Waals surface area contributed by atoms with Crippen LogP contribution < -0.4 is 5.32 Å². The monoisotopic (exact) mass is 271 g/mol. The van der Waals surface area contributed by atoms with Crippen LogP contribution in [-0.2, 0) is 19.4 Å². The third-order valence-corrected chi connectivity index (χ3v) is 4.14. The van der Waals surface area contributed by atoms with Crippen molar-refractivity contribution in [3.05, 3.63) is 16.4 Å². The molecular formula is C14H26ClN3. The fraction of sp³-hybridized carbons (Fsp3) is 0.786. The van der Waals surface area contributed by atoms with Gasteiger partial charge in [-0.15, -0.1) is 0 Å². The van der Waals surface area contributed by atoms with Gasteiger partial charge >= 0.3 is 0 Å². The molecular weight excluding hydrogens is 246 g/mol. The minimum Gasteiger partial charge on any atom is -0.317 e. The highest BCUT2D eigenvalue weighted by atomic mass is 35.5. The average Bonchev–Trinajstić information content (AvgIpc) is 2.68. The summed E-state index contributed by atoms with van der Waals surface area (Å²) in [4.78, 5) is 0.